The number of hydrogen-bond acceptors (Lipinski definition) is 4. The molecule has 5 heteroatoms. The van der Waals surface area contributed by atoms with Gasteiger partial charge in [0.25, 0.3) is 0 Å². The van der Waals surface area contributed by atoms with Crippen LogP contribution < -0.4 is 10.6 Å². The maximum Gasteiger partial charge on any atom is 0.411 e. The van der Waals surface area contributed by atoms with Gasteiger partial charge in [0.05, 0.1) is 13.2 Å². The minimum Gasteiger partial charge on any atom is -0.450 e. The van der Waals surface area contributed by atoms with Crippen LogP contribution >= 0.6 is 0 Å². The van der Waals surface area contributed by atoms with Crippen LogP contribution in [0.5, 0.6) is 0 Å². The lowest BCUT2D eigenvalue weighted by atomic mass is 10.1. The SMILES string of the molecule is CCOC(=O)Nc1ccc(NCC2CCOC2)cc1. The molecule has 1 aliphatic rings. The maximum atomic E-state index is 11.2. The van der Waals surface area contributed by atoms with Gasteiger partial charge >= 0.3 is 6.09 Å². The van der Waals surface area contributed by atoms with E-state index in [1.165, 1.54) is 0 Å². The number of benzene rings is 1. The van der Waals surface area contributed by atoms with Crippen molar-refractivity contribution >= 4 is 17.5 Å². The van der Waals surface area contributed by atoms with Crippen LogP contribution in [-0.2, 0) is 9.47 Å². The number of carbonyl (C=O) groups is 1. The summed E-state index contributed by atoms with van der Waals surface area (Å²) in [6, 6.07) is 7.59. The monoisotopic (exact) mass is 264 g/mol. The third-order valence-electron chi connectivity index (χ3n) is 3.03. The molecule has 2 N–H and O–H groups in total. The smallest absolute Gasteiger partial charge is 0.411 e. The Bertz CT molecular complexity index is 400. The van der Waals surface area contributed by atoms with Gasteiger partial charge in [-0.1, -0.05) is 0 Å². The quantitative estimate of drug-likeness (QED) is 0.858. The Balaban J connectivity index is 1.78. The second-order valence-electron chi connectivity index (χ2n) is 4.53. The standard InChI is InChI=1S/C14H20N2O3/c1-2-19-14(17)16-13-5-3-12(4-6-13)15-9-11-7-8-18-10-11/h3-6,11,15H,2,7-10H2,1H3,(H,16,17). The Hall–Kier alpha value is -1.75. The molecule has 1 heterocycles. The molecule has 1 aromatic rings. The van der Waals surface area contributed by atoms with Gasteiger partial charge in [0.15, 0.2) is 0 Å². The highest BCUT2D eigenvalue weighted by Gasteiger charge is 2.14. The summed E-state index contributed by atoms with van der Waals surface area (Å²) in [5.74, 6) is 0.595. The number of amides is 1. The molecule has 2 rings (SSSR count). The summed E-state index contributed by atoms with van der Waals surface area (Å²) >= 11 is 0. The van der Waals surface area contributed by atoms with Gasteiger partial charge in [0, 0.05) is 30.4 Å². The molecule has 0 radical (unpaired) electrons. The average molecular weight is 264 g/mol. The molecular formula is C14H20N2O3. The predicted octanol–water partition coefficient (Wildman–Crippen LogP) is 2.70. The Morgan fingerprint density at radius 3 is 2.74 bits per heavy atom. The summed E-state index contributed by atoms with van der Waals surface area (Å²) in [5, 5.41) is 6.03. The van der Waals surface area contributed by atoms with Gasteiger partial charge in [-0.2, -0.15) is 0 Å². The third kappa shape index (κ3) is 4.44. The van der Waals surface area contributed by atoms with Crippen molar-refractivity contribution in [2.45, 2.75) is 13.3 Å². The molecule has 1 saturated heterocycles. The molecule has 1 aliphatic heterocycles. The topological polar surface area (TPSA) is 59.6 Å². The fourth-order valence-corrected chi connectivity index (χ4v) is 1.96. The molecule has 0 aromatic heterocycles. The zero-order chi connectivity index (χ0) is 13.5. The number of anilines is 2. The van der Waals surface area contributed by atoms with Gasteiger partial charge in [-0.15, -0.1) is 0 Å². The fourth-order valence-electron chi connectivity index (χ4n) is 1.96. The van der Waals surface area contributed by atoms with Crippen LogP contribution in [0.15, 0.2) is 24.3 Å². The van der Waals surface area contributed by atoms with E-state index >= 15 is 0 Å². The molecule has 0 saturated carbocycles. The number of hydrogen-bond donors (Lipinski definition) is 2. The van der Waals surface area contributed by atoms with E-state index in [2.05, 4.69) is 10.6 Å². The summed E-state index contributed by atoms with van der Waals surface area (Å²) in [4.78, 5) is 11.2. The number of carbonyl (C=O) groups excluding carboxylic acids is 1. The molecule has 0 spiro atoms. The van der Waals surface area contributed by atoms with Crippen molar-refractivity contribution in [2.75, 3.05) is 37.0 Å². The lowest BCUT2D eigenvalue weighted by molar-refractivity contribution is 0.168. The molecule has 1 unspecified atom stereocenters. The van der Waals surface area contributed by atoms with Crippen molar-refractivity contribution in [2.24, 2.45) is 5.92 Å². The molecule has 1 atom stereocenters. The van der Waals surface area contributed by atoms with Gasteiger partial charge in [-0.05, 0) is 37.6 Å². The van der Waals surface area contributed by atoms with Crippen LogP contribution in [0.3, 0.4) is 0 Å². The van der Waals surface area contributed by atoms with Crippen LogP contribution in [0.25, 0.3) is 0 Å². The molecule has 0 aliphatic carbocycles. The Kier molecular flexibility index (Phi) is 5.03. The summed E-state index contributed by atoms with van der Waals surface area (Å²) in [5.41, 5.74) is 1.77. The van der Waals surface area contributed by atoms with Crippen LogP contribution in [0.4, 0.5) is 16.2 Å². The highest BCUT2D eigenvalue weighted by atomic mass is 16.5. The Labute approximate surface area is 113 Å². The summed E-state index contributed by atoms with van der Waals surface area (Å²) in [6.07, 6.45) is 0.696. The van der Waals surface area contributed by atoms with Crippen LogP contribution in [0.2, 0.25) is 0 Å². The summed E-state index contributed by atoms with van der Waals surface area (Å²) in [7, 11) is 0. The van der Waals surface area contributed by atoms with Crippen molar-refractivity contribution in [1.82, 2.24) is 0 Å². The van der Waals surface area contributed by atoms with Gasteiger partial charge in [-0.25, -0.2) is 4.79 Å². The minimum atomic E-state index is -0.425. The molecule has 0 bridgehead atoms. The predicted molar refractivity (Wildman–Crippen MR) is 74.5 cm³/mol. The zero-order valence-corrected chi connectivity index (χ0v) is 11.1. The van der Waals surface area contributed by atoms with E-state index in [-0.39, 0.29) is 0 Å². The van der Waals surface area contributed by atoms with Crippen LogP contribution in [0, 0.1) is 5.92 Å². The van der Waals surface area contributed by atoms with E-state index in [0.29, 0.717) is 12.5 Å². The first-order valence-electron chi connectivity index (χ1n) is 6.63. The fraction of sp³-hybridized carbons (Fsp3) is 0.500. The molecule has 1 amide bonds. The first-order chi connectivity index (χ1) is 9.28. The van der Waals surface area contributed by atoms with E-state index < -0.39 is 6.09 Å². The molecular weight excluding hydrogens is 244 g/mol. The van der Waals surface area contributed by atoms with E-state index in [1.807, 2.05) is 24.3 Å². The van der Waals surface area contributed by atoms with Crippen LogP contribution in [0.1, 0.15) is 13.3 Å². The highest BCUT2D eigenvalue weighted by molar-refractivity contribution is 5.84. The lowest BCUT2D eigenvalue weighted by Crippen LogP contribution is -2.14. The molecule has 19 heavy (non-hydrogen) atoms. The summed E-state index contributed by atoms with van der Waals surface area (Å²) < 4.78 is 10.1. The first-order valence-corrected chi connectivity index (χ1v) is 6.63. The molecule has 1 aromatic carbocycles. The van der Waals surface area contributed by atoms with Crippen molar-refractivity contribution < 1.29 is 14.3 Å². The van der Waals surface area contributed by atoms with E-state index in [4.69, 9.17) is 9.47 Å². The second-order valence-corrected chi connectivity index (χ2v) is 4.53. The summed E-state index contributed by atoms with van der Waals surface area (Å²) in [6.45, 7) is 4.78. The largest absolute Gasteiger partial charge is 0.450 e. The zero-order valence-electron chi connectivity index (χ0n) is 11.1. The maximum absolute atomic E-state index is 11.2. The van der Waals surface area contributed by atoms with E-state index in [1.54, 1.807) is 6.92 Å². The van der Waals surface area contributed by atoms with E-state index in [9.17, 15) is 4.79 Å². The number of nitrogens with one attached hydrogen (secondary N) is 2. The average Bonchev–Trinajstić information content (AvgIpc) is 2.91. The van der Waals surface area contributed by atoms with Crippen molar-refractivity contribution in [3.05, 3.63) is 24.3 Å². The van der Waals surface area contributed by atoms with Crippen molar-refractivity contribution in [3.8, 4) is 0 Å². The second kappa shape index (κ2) is 6.99. The normalized spacial score (nSPS) is 18.1. The van der Waals surface area contributed by atoms with Gasteiger partial charge in [0.2, 0.25) is 0 Å². The number of ether oxygens (including phenoxy) is 2. The molecule has 104 valence electrons. The minimum absolute atomic E-state index is 0.370. The Morgan fingerprint density at radius 1 is 1.37 bits per heavy atom. The number of rotatable bonds is 5. The molecule has 1 fully saturated rings. The van der Waals surface area contributed by atoms with Crippen molar-refractivity contribution in [3.63, 3.8) is 0 Å². The Morgan fingerprint density at radius 2 is 2.11 bits per heavy atom. The van der Waals surface area contributed by atoms with E-state index in [0.717, 1.165) is 37.6 Å². The highest BCUT2D eigenvalue weighted by Crippen LogP contribution is 2.16. The van der Waals surface area contributed by atoms with Gasteiger partial charge in [0.1, 0.15) is 0 Å². The van der Waals surface area contributed by atoms with Crippen LogP contribution in [-0.4, -0.2) is 32.5 Å². The lowest BCUT2D eigenvalue weighted by Gasteiger charge is -2.11. The van der Waals surface area contributed by atoms with Gasteiger partial charge < -0.3 is 14.8 Å². The van der Waals surface area contributed by atoms with Gasteiger partial charge in [-0.3, -0.25) is 5.32 Å². The first kappa shape index (κ1) is 13.7. The van der Waals surface area contributed by atoms with Crippen molar-refractivity contribution in [1.29, 1.82) is 0 Å². The third-order valence-corrected chi connectivity index (χ3v) is 3.03. The molecule has 5 nitrogen and oxygen atoms in total.